The lowest BCUT2D eigenvalue weighted by Crippen LogP contribution is -2.36. The molecule has 6 nitrogen and oxygen atoms in total. The molecule has 0 spiro atoms. The number of H-pyrrole nitrogens is 1. The number of likely N-dealkylation sites (N-methyl/N-ethyl adjacent to an activating group) is 1. The van der Waals surface area contributed by atoms with Crippen LogP contribution >= 0.6 is 11.6 Å². The van der Waals surface area contributed by atoms with Crippen molar-refractivity contribution in [1.29, 1.82) is 0 Å². The summed E-state index contributed by atoms with van der Waals surface area (Å²) in [5.41, 5.74) is 9.23. The van der Waals surface area contributed by atoms with Crippen LogP contribution in [0.2, 0.25) is 5.02 Å². The van der Waals surface area contributed by atoms with Crippen LogP contribution in [0.4, 0.5) is 0 Å². The fourth-order valence-electron chi connectivity index (χ4n) is 2.58. The second-order valence-corrected chi connectivity index (χ2v) is 5.91. The van der Waals surface area contributed by atoms with Gasteiger partial charge in [0.2, 0.25) is 5.91 Å². The molecule has 2 rings (SSSR count). The number of benzene rings is 1. The zero-order valence-electron chi connectivity index (χ0n) is 13.7. The van der Waals surface area contributed by atoms with Crippen LogP contribution in [-0.4, -0.2) is 35.2 Å². The van der Waals surface area contributed by atoms with E-state index in [0.29, 0.717) is 17.3 Å². The molecule has 1 unspecified atom stereocenters. The monoisotopic (exact) mass is 336 g/mol. The van der Waals surface area contributed by atoms with Gasteiger partial charge in [-0.2, -0.15) is 5.10 Å². The van der Waals surface area contributed by atoms with Crippen LogP contribution in [0.5, 0.6) is 5.75 Å². The average Bonchev–Trinajstić information content (AvgIpc) is 2.85. The molecule has 0 radical (unpaired) electrons. The van der Waals surface area contributed by atoms with E-state index in [1.165, 1.54) is 0 Å². The van der Waals surface area contributed by atoms with Gasteiger partial charge in [-0.25, -0.2) is 0 Å². The van der Waals surface area contributed by atoms with E-state index in [1.807, 2.05) is 13.8 Å². The van der Waals surface area contributed by atoms with Gasteiger partial charge in [0.1, 0.15) is 11.8 Å². The third kappa shape index (κ3) is 3.65. The molecule has 0 aliphatic heterocycles. The van der Waals surface area contributed by atoms with E-state index in [0.717, 1.165) is 22.5 Å². The predicted molar refractivity (Wildman–Crippen MR) is 89.5 cm³/mol. The highest BCUT2D eigenvalue weighted by atomic mass is 35.5. The lowest BCUT2D eigenvalue weighted by Gasteiger charge is -2.22. The molecule has 1 heterocycles. The molecule has 1 aromatic heterocycles. The number of hydrogen-bond acceptors (Lipinski definition) is 4. The van der Waals surface area contributed by atoms with Crippen molar-refractivity contribution >= 4 is 17.5 Å². The Hall–Kier alpha value is -2.05. The molecule has 0 saturated heterocycles. The lowest BCUT2D eigenvalue weighted by atomic mass is 10.0. The van der Waals surface area contributed by atoms with Crippen molar-refractivity contribution < 1.29 is 9.53 Å². The Kier molecular flexibility index (Phi) is 5.28. The van der Waals surface area contributed by atoms with Crippen LogP contribution in [0.15, 0.2) is 18.2 Å². The Morgan fingerprint density at radius 3 is 2.74 bits per heavy atom. The Bertz CT molecular complexity index is 695. The third-order valence-corrected chi connectivity index (χ3v) is 4.02. The maximum atomic E-state index is 12.6. The molecule has 1 atom stereocenters. The topological polar surface area (TPSA) is 84.2 Å². The fraction of sp³-hybridized carbons (Fsp3) is 0.375. The van der Waals surface area contributed by atoms with Gasteiger partial charge in [0.25, 0.3) is 0 Å². The van der Waals surface area contributed by atoms with Gasteiger partial charge >= 0.3 is 0 Å². The standard InChI is InChI=1S/C16H21ClN4O2/c1-9-14(10(2)20-19-9)15(18)16(22)21(3)8-11-7-12(17)5-6-13(11)23-4/h5-7,15H,8,18H2,1-4H3,(H,19,20). The molecule has 3 N–H and O–H groups in total. The smallest absolute Gasteiger partial charge is 0.244 e. The number of amides is 1. The minimum atomic E-state index is -0.760. The molecule has 1 amide bonds. The lowest BCUT2D eigenvalue weighted by molar-refractivity contribution is -0.132. The normalized spacial score (nSPS) is 12.1. The van der Waals surface area contributed by atoms with E-state index >= 15 is 0 Å². The number of nitrogens with zero attached hydrogens (tertiary/aromatic N) is 2. The minimum Gasteiger partial charge on any atom is -0.496 e. The van der Waals surface area contributed by atoms with E-state index in [4.69, 9.17) is 22.1 Å². The summed E-state index contributed by atoms with van der Waals surface area (Å²) in [7, 11) is 3.28. The first-order valence-corrected chi connectivity index (χ1v) is 7.57. The highest BCUT2D eigenvalue weighted by Gasteiger charge is 2.25. The van der Waals surface area contributed by atoms with Gasteiger partial charge in [-0.15, -0.1) is 0 Å². The van der Waals surface area contributed by atoms with Gasteiger partial charge in [0, 0.05) is 35.4 Å². The first-order valence-electron chi connectivity index (χ1n) is 7.19. The number of methoxy groups -OCH3 is 1. The number of aromatic amines is 1. The fourth-order valence-corrected chi connectivity index (χ4v) is 2.78. The number of aryl methyl sites for hydroxylation is 2. The number of rotatable bonds is 5. The number of nitrogens with two attached hydrogens (primary N) is 1. The van der Waals surface area contributed by atoms with Crippen LogP contribution in [-0.2, 0) is 11.3 Å². The van der Waals surface area contributed by atoms with Crippen molar-refractivity contribution in [1.82, 2.24) is 15.1 Å². The van der Waals surface area contributed by atoms with E-state index in [2.05, 4.69) is 10.2 Å². The summed E-state index contributed by atoms with van der Waals surface area (Å²) in [5.74, 6) is 0.484. The molecule has 1 aromatic carbocycles. The number of carbonyl (C=O) groups excluding carboxylic acids is 1. The predicted octanol–water partition coefficient (Wildman–Crippen LogP) is 2.35. The first kappa shape index (κ1) is 17.3. The third-order valence-electron chi connectivity index (χ3n) is 3.79. The zero-order chi connectivity index (χ0) is 17.1. The second kappa shape index (κ2) is 7.02. The maximum absolute atomic E-state index is 12.6. The van der Waals surface area contributed by atoms with E-state index in [9.17, 15) is 4.79 Å². The summed E-state index contributed by atoms with van der Waals surface area (Å²) in [4.78, 5) is 14.2. The van der Waals surface area contributed by atoms with Gasteiger partial charge in [0.05, 0.1) is 12.8 Å². The van der Waals surface area contributed by atoms with E-state index < -0.39 is 6.04 Å². The van der Waals surface area contributed by atoms with Crippen LogP contribution in [0.25, 0.3) is 0 Å². The largest absolute Gasteiger partial charge is 0.496 e. The molecular weight excluding hydrogens is 316 g/mol. The first-order chi connectivity index (χ1) is 10.8. The number of ether oxygens (including phenoxy) is 1. The van der Waals surface area contributed by atoms with Crippen molar-refractivity contribution in [2.75, 3.05) is 14.2 Å². The van der Waals surface area contributed by atoms with Crippen LogP contribution in [0.3, 0.4) is 0 Å². The summed E-state index contributed by atoms with van der Waals surface area (Å²) in [6.45, 7) is 4.03. The maximum Gasteiger partial charge on any atom is 0.244 e. The Morgan fingerprint density at radius 2 is 2.17 bits per heavy atom. The van der Waals surface area contributed by atoms with Gasteiger partial charge in [-0.3, -0.25) is 9.89 Å². The number of nitrogens with one attached hydrogen (secondary N) is 1. The Morgan fingerprint density at radius 1 is 1.48 bits per heavy atom. The molecule has 0 saturated carbocycles. The molecule has 7 heteroatoms. The summed E-state index contributed by atoms with van der Waals surface area (Å²) in [6.07, 6.45) is 0. The molecule has 0 aliphatic rings. The summed E-state index contributed by atoms with van der Waals surface area (Å²) >= 11 is 6.03. The molecule has 124 valence electrons. The van der Waals surface area contributed by atoms with Crippen LogP contribution in [0, 0.1) is 13.8 Å². The summed E-state index contributed by atoms with van der Waals surface area (Å²) in [6, 6.07) is 4.55. The Balaban J connectivity index is 2.19. The highest BCUT2D eigenvalue weighted by molar-refractivity contribution is 6.30. The van der Waals surface area contributed by atoms with Crippen molar-refractivity contribution in [2.24, 2.45) is 5.73 Å². The van der Waals surface area contributed by atoms with E-state index in [1.54, 1.807) is 37.3 Å². The van der Waals surface area contributed by atoms with Crippen LogP contribution in [0.1, 0.15) is 28.6 Å². The molecular formula is C16H21ClN4O2. The van der Waals surface area contributed by atoms with Crippen molar-refractivity contribution in [3.8, 4) is 5.75 Å². The number of aromatic nitrogens is 2. The van der Waals surface area contributed by atoms with Crippen LogP contribution < -0.4 is 10.5 Å². The number of halogens is 1. The summed E-state index contributed by atoms with van der Waals surface area (Å²) < 4.78 is 5.31. The number of carbonyl (C=O) groups is 1. The quantitative estimate of drug-likeness (QED) is 0.877. The van der Waals surface area contributed by atoms with Gasteiger partial charge in [0.15, 0.2) is 0 Å². The molecule has 0 fully saturated rings. The second-order valence-electron chi connectivity index (χ2n) is 5.48. The molecule has 0 bridgehead atoms. The van der Waals surface area contributed by atoms with Gasteiger partial charge in [-0.1, -0.05) is 11.6 Å². The Labute approximate surface area is 140 Å². The number of hydrogen-bond donors (Lipinski definition) is 2. The van der Waals surface area contributed by atoms with Crippen molar-refractivity contribution in [3.63, 3.8) is 0 Å². The minimum absolute atomic E-state index is 0.195. The van der Waals surface area contributed by atoms with E-state index in [-0.39, 0.29) is 5.91 Å². The average molecular weight is 337 g/mol. The van der Waals surface area contributed by atoms with Gasteiger partial charge in [-0.05, 0) is 32.0 Å². The molecule has 2 aromatic rings. The highest BCUT2D eigenvalue weighted by Crippen LogP contribution is 2.25. The molecule has 23 heavy (non-hydrogen) atoms. The van der Waals surface area contributed by atoms with Crippen molar-refractivity contribution in [2.45, 2.75) is 26.4 Å². The SMILES string of the molecule is COc1ccc(Cl)cc1CN(C)C(=O)C(N)c1c(C)n[nH]c1C. The zero-order valence-corrected chi connectivity index (χ0v) is 14.4. The summed E-state index contributed by atoms with van der Waals surface area (Å²) in [5, 5.41) is 7.53. The molecule has 0 aliphatic carbocycles. The van der Waals surface area contributed by atoms with Crippen molar-refractivity contribution in [3.05, 3.63) is 45.7 Å². The van der Waals surface area contributed by atoms with Gasteiger partial charge < -0.3 is 15.4 Å².